The van der Waals surface area contributed by atoms with E-state index in [0.717, 1.165) is 31.2 Å². The highest BCUT2D eigenvalue weighted by molar-refractivity contribution is 5.69. The number of benzene rings is 1. The van der Waals surface area contributed by atoms with Crippen molar-refractivity contribution in [3.63, 3.8) is 0 Å². The van der Waals surface area contributed by atoms with Gasteiger partial charge in [0.15, 0.2) is 0 Å². The van der Waals surface area contributed by atoms with Crippen LogP contribution in [0.2, 0.25) is 0 Å². The summed E-state index contributed by atoms with van der Waals surface area (Å²) < 4.78 is 128. The van der Waals surface area contributed by atoms with Crippen molar-refractivity contribution in [3.8, 4) is 5.75 Å². The number of halogens is 9. The number of carbonyl (C=O) groups excluding carboxylic acids is 1. The average Bonchev–Trinajstić information content (AvgIpc) is 2.56. The molecule has 1 unspecified atom stereocenters. The minimum absolute atomic E-state index is 0.321. The van der Waals surface area contributed by atoms with Gasteiger partial charge in [-0.25, -0.2) is 4.39 Å². The van der Waals surface area contributed by atoms with E-state index in [9.17, 15) is 49.4 Å². The first kappa shape index (κ1) is 22.3. The molecule has 1 atom stereocenters. The van der Waals surface area contributed by atoms with E-state index in [0.29, 0.717) is 6.92 Å². The Kier molecular flexibility index (Phi) is 4.79. The Labute approximate surface area is 152 Å². The van der Waals surface area contributed by atoms with Gasteiger partial charge >= 0.3 is 29.7 Å². The van der Waals surface area contributed by atoms with Gasteiger partial charge in [-0.1, -0.05) is 12.1 Å². The van der Waals surface area contributed by atoms with E-state index in [1.807, 2.05) is 0 Å². The summed E-state index contributed by atoms with van der Waals surface area (Å²) in [4.78, 5) is 10.9. The van der Waals surface area contributed by atoms with Gasteiger partial charge in [-0.3, -0.25) is 4.79 Å². The maximum Gasteiger partial charge on any atom is 0.381 e. The first-order chi connectivity index (χ1) is 12.3. The molecule has 1 aliphatic carbocycles. The van der Waals surface area contributed by atoms with Crippen molar-refractivity contribution in [1.29, 1.82) is 0 Å². The molecule has 1 aromatic carbocycles. The molecule has 1 saturated carbocycles. The number of aliphatic hydroxyl groups is 1. The van der Waals surface area contributed by atoms with Crippen LogP contribution in [0.1, 0.15) is 25.8 Å². The predicted octanol–water partition coefficient (Wildman–Crippen LogP) is 4.47. The molecule has 0 bridgehead atoms. The van der Waals surface area contributed by atoms with E-state index in [2.05, 4.69) is 4.74 Å². The second-order valence-corrected chi connectivity index (χ2v) is 6.67. The molecule has 1 N–H and O–H groups in total. The van der Waals surface area contributed by atoms with Gasteiger partial charge in [-0.2, -0.15) is 35.1 Å². The van der Waals surface area contributed by atoms with Gasteiger partial charge in [0.1, 0.15) is 5.75 Å². The SMILES string of the molecule is CC(=O)Oc1cccc(C(C)(O)CC2(F)C(F)(F)C(F)(F)C(F)(F)C2(F)F)c1. The van der Waals surface area contributed by atoms with E-state index in [1.165, 1.54) is 0 Å². The molecule has 2 rings (SSSR count). The molecule has 0 radical (unpaired) electrons. The summed E-state index contributed by atoms with van der Waals surface area (Å²) in [6.07, 6.45) is -2.51. The van der Waals surface area contributed by atoms with E-state index < -0.39 is 52.9 Å². The molecule has 3 nitrogen and oxygen atoms in total. The Bertz CT molecular complexity index is 763. The molecule has 158 valence electrons. The molecule has 1 aromatic rings. The van der Waals surface area contributed by atoms with Crippen LogP contribution in [-0.4, -0.2) is 40.4 Å². The van der Waals surface area contributed by atoms with Gasteiger partial charge in [0.25, 0.3) is 5.67 Å². The van der Waals surface area contributed by atoms with Gasteiger partial charge in [0.05, 0.1) is 5.60 Å². The summed E-state index contributed by atoms with van der Waals surface area (Å²) in [6, 6.07) is 3.80. The van der Waals surface area contributed by atoms with Crippen molar-refractivity contribution in [1.82, 2.24) is 0 Å². The molecular weight excluding hydrogens is 411 g/mol. The maximum atomic E-state index is 14.6. The molecule has 1 fully saturated rings. The predicted molar refractivity (Wildman–Crippen MR) is 75.6 cm³/mol. The minimum atomic E-state index is -6.71. The van der Waals surface area contributed by atoms with Gasteiger partial charge in [0, 0.05) is 13.3 Å². The summed E-state index contributed by atoms with van der Waals surface area (Å²) in [5.74, 6) is -27.6. The van der Waals surface area contributed by atoms with Crippen LogP contribution in [-0.2, 0) is 10.4 Å². The Balaban J connectivity index is 2.54. The fourth-order valence-electron chi connectivity index (χ4n) is 2.95. The van der Waals surface area contributed by atoms with Crippen LogP contribution < -0.4 is 4.74 Å². The second kappa shape index (κ2) is 6.01. The Morgan fingerprint density at radius 1 is 0.964 bits per heavy atom. The summed E-state index contributed by atoms with van der Waals surface area (Å²) in [6.45, 7) is 1.45. The zero-order valence-corrected chi connectivity index (χ0v) is 14.2. The van der Waals surface area contributed by atoms with Crippen LogP contribution in [0.4, 0.5) is 39.5 Å². The number of esters is 1. The fraction of sp³-hybridized carbons (Fsp3) is 0.562. The third kappa shape index (κ3) is 2.67. The number of hydrogen-bond acceptors (Lipinski definition) is 3. The van der Waals surface area contributed by atoms with E-state index in [-0.39, 0.29) is 5.75 Å². The highest BCUT2D eigenvalue weighted by Gasteiger charge is 3.00. The summed E-state index contributed by atoms with van der Waals surface area (Å²) in [5.41, 5.74) is -9.46. The summed E-state index contributed by atoms with van der Waals surface area (Å²) in [5, 5.41) is 10.2. The average molecular weight is 424 g/mol. The topological polar surface area (TPSA) is 46.5 Å². The van der Waals surface area contributed by atoms with Gasteiger partial charge in [-0.15, -0.1) is 0 Å². The zero-order valence-electron chi connectivity index (χ0n) is 14.2. The summed E-state index contributed by atoms with van der Waals surface area (Å²) in [7, 11) is 0. The molecule has 28 heavy (non-hydrogen) atoms. The lowest BCUT2D eigenvalue weighted by Gasteiger charge is -2.37. The number of carbonyl (C=O) groups is 1. The van der Waals surface area contributed by atoms with Crippen LogP contribution in [0.3, 0.4) is 0 Å². The smallest absolute Gasteiger partial charge is 0.381 e. The third-order valence-corrected chi connectivity index (χ3v) is 4.48. The lowest BCUT2D eigenvalue weighted by Crippen LogP contribution is -2.57. The molecule has 0 amide bonds. The molecular formula is C16H13F9O3. The number of rotatable bonds is 4. The number of alkyl halides is 9. The van der Waals surface area contributed by atoms with Gasteiger partial charge in [-0.05, 0) is 24.6 Å². The fourth-order valence-corrected chi connectivity index (χ4v) is 2.95. The van der Waals surface area contributed by atoms with Crippen molar-refractivity contribution in [2.24, 2.45) is 0 Å². The van der Waals surface area contributed by atoms with Crippen molar-refractivity contribution in [3.05, 3.63) is 29.8 Å². The number of hydrogen-bond donors (Lipinski definition) is 1. The van der Waals surface area contributed by atoms with Crippen molar-refractivity contribution >= 4 is 5.97 Å². The van der Waals surface area contributed by atoms with Gasteiger partial charge < -0.3 is 9.84 Å². The van der Waals surface area contributed by atoms with Crippen LogP contribution in [0, 0.1) is 0 Å². The van der Waals surface area contributed by atoms with Gasteiger partial charge in [0.2, 0.25) is 0 Å². The zero-order chi connectivity index (χ0) is 22.0. The van der Waals surface area contributed by atoms with Crippen molar-refractivity contribution in [2.45, 2.75) is 55.2 Å². The molecule has 0 heterocycles. The third-order valence-electron chi connectivity index (χ3n) is 4.48. The normalized spacial score (nSPS) is 25.7. The molecule has 0 aromatic heterocycles. The van der Waals surface area contributed by atoms with Crippen molar-refractivity contribution < 1.29 is 54.2 Å². The molecule has 0 spiro atoms. The van der Waals surface area contributed by atoms with E-state index >= 15 is 0 Å². The second-order valence-electron chi connectivity index (χ2n) is 6.67. The highest BCUT2D eigenvalue weighted by atomic mass is 19.4. The van der Waals surface area contributed by atoms with Crippen LogP contribution in [0.5, 0.6) is 5.75 Å². The minimum Gasteiger partial charge on any atom is -0.427 e. The van der Waals surface area contributed by atoms with Crippen LogP contribution >= 0.6 is 0 Å². The lowest BCUT2D eigenvalue weighted by atomic mass is 9.80. The van der Waals surface area contributed by atoms with E-state index in [1.54, 1.807) is 0 Å². The Hall–Kier alpha value is -1.98. The molecule has 1 aliphatic rings. The lowest BCUT2D eigenvalue weighted by molar-refractivity contribution is -0.303. The van der Waals surface area contributed by atoms with Crippen molar-refractivity contribution in [2.75, 3.05) is 0 Å². The largest absolute Gasteiger partial charge is 0.427 e. The quantitative estimate of drug-likeness (QED) is 0.441. The molecule has 0 aliphatic heterocycles. The highest BCUT2D eigenvalue weighted by Crippen LogP contribution is 2.70. The monoisotopic (exact) mass is 424 g/mol. The Morgan fingerprint density at radius 3 is 1.86 bits per heavy atom. The first-order valence-electron chi connectivity index (χ1n) is 7.57. The molecule has 0 saturated heterocycles. The first-order valence-corrected chi connectivity index (χ1v) is 7.57. The van der Waals surface area contributed by atoms with Crippen LogP contribution in [0.25, 0.3) is 0 Å². The summed E-state index contributed by atoms with van der Waals surface area (Å²) >= 11 is 0. The van der Waals surface area contributed by atoms with Crippen LogP contribution in [0.15, 0.2) is 24.3 Å². The molecule has 12 heteroatoms. The standard InChI is InChI=1S/C16H13F9O3/c1-8(26)28-10-5-3-4-9(6-10)11(2,27)7-12(17)13(18,19)15(22,23)16(24,25)14(12,20)21/h3-6,27H,7H2,1-2H3. The maximum absolute atomic E-state index is 14.6. The Morgan fingerprint density at radius 2 is 1.43 bits per heavy atom. The number of ether oxygens (including phenoxy) is 1. The van der Waals surface area contributed by atoms with E-state index in [4.69, 9.17) is 0 Å².